The average molecular weight is 275 g/mol. The van der Waals surface area contributed by atoms with Crippen molar-refractivity contribution in [2.45, 2.75) is 19.4 Å². The summed E-state index contributed by atoms with van der Waals surface area (Å²) >= 11 is 5.72. The summed E-state index contributed by atoms with van der Waals surface area (Å²) in [6.45, 7) is 1.52. The number of para-hydroxylation sites is 1. The zero-order chi connectivity index (χ0) is 13.7. The van der Waals surface area contributed by atoms with Crippen molar-refractivity contribution in [2.24, 2.45) is 0 Å². The Hall–Kier alpha value is -1.82. The molecule has 7 heteroatoms. The van der Waals surface area contributed by atoms with E-state index < -0.39 is 23.9 Å². The van der Waals surface area contributed by atoms with Gasteiger partial charge >= 0.3 is 12.0 Å². The van der Waals surface area contributed by atoms with Crippen LogP contribution in [0, 0.1) is 5.82 Å². The molecule has 0 saturated carbocycles. The topological polar surface area (TPSA) is 78.4 Å². The number of benzene rings is 1. The number of urea groups is 1. The number of rotatable bonds is 4. The van der Waals surface area contributed by atoms with Crippen LogP contribution in [-0.2, 0) is 4.79 Å². The molecule has 18 heavy (non-hydrogen) atoms. The fourth-order valence-electron chi connectivity index (χ4n) is 1.30. The zero-order valence-corrected chi connectivity index (χ0v) is 10.3. The highest BCUT2D eigenvalue weighted by molar-refractivity contribution is 6.33. The summed E-state index contributed by atoms with van der Waals surface area (Å²) in [7, 11) is 0. The Bertz CT molecular complexity index is 447. The molecular weight excluding hydrogens is 263 g/mol. The normalized spacial score (nSPS) is 11.7. The van der Waals surface area contributed by atoms with Crippen molar-refractivity contribution >= 4 is 29.3 Å². The van der Waals surface area contributed by atoms with Crippen LogP contribution in [0.3, 0.4) is 0 Å². The first-order valence-corrected chi connectivity index (χ1v) is 5.51. The number of nitrogens with one attached hydrogen (secondary N) is 2. The Balaban J connectivity index is 2.62. The number of aliphatic carboxylic acids is 1. The molecule has 0 aliphatic carbocycles. The molecule has 0 saturated heterocycles. The number of carboxylic acid groups (broad SMARTS) is 1. The monoisotopic (exact) mass is 274 g/mol. The van der Waals surface area contributed by atoms with E-state index in [1.54, 1.807) is 0 Å². The number of hydrogen-bond donors (Lipinski definition) is 3. The average Bonchev–Trinajstić information content (AvgIpc) is 2.22. The number of carbonyl (C=O) groups excluding carboxylic acids is 1. The number of carbonyl (C=O) groups is 2. The molecule has 3 N–H and O–H groups in total. The smallest absolute Gasteiger partial charge is 0.319 e. The van der Waals surface area contributed by atoms with E-state index in [0.29, 0.717) is 0 Å². The molecule has 1 aromatic carbocycles. The highest BCUT2D eigenvalue weighted by Crippen LogP contribution is 2.24. The van der Waals surface area contributed by atoms with Gasteiger partial charge in [-0.2, -0.15) is 0 Å². The number of amides is 2. The molecule has 0 radical (unpaired) electrons. The zero-order valence-electron chi connectivity index (χ0n) is 9.54. The Kier molecular flexibility index (Phi) is 4.91. The minimum atomic E-state index is -1.04. The fourth-order valence-corrected chi connectivity index (χ4v) is 1.51. The number of carboxylic acids is 1. The molecule has 0 aromatic heterocycles. The van der Waals surface area contributed by atoms with Crippen LogP contribution in [0.5, 0.6) is 0 Å². The first-order valence-electron chi connectivity index (χ1n) is 5.13. The maximum absolute atomic E-state index is 13.3. The lowest BCUT2D eigenvalue weighted by Gasteiger charge is -2.13. The molecule has 0 heterocycles. The molecule has 0 aliphatic rings. The predicted octanol–water partition coefficient (Wildman–Crippen LogP) is 2.46. The van der Waals surface area contributed by atoms with Crippen molar-refractivity contribution in [3.8, 4) is 0 Å². The van der Waals surface area contributed by atoms with Gasteiger partial charge in [0.1, 0.15) is 5.82 Å². The molecule has 1 rings (SSSR count). The van der Waals surface area contributed by atoms with Gasteiger partial charge in [0.2, 0.25) is 0 Å². The molecule has 2 amide bonds. The van der Waals surface area contributed by atoms with Gasteiger partial charge in [0.25, 0.3) is 0 Å². The minimum Gasteiger partial charge on any atom is -0.481 e. The van der Waals surface area contributed by atoms with Gasteiger partial charge in [0.05, 0.1) is 17.1 Å². The van der Waals surface area contributed by atoms with Crippen molar-refractivity contribution in [1.29, 1.82) is 0 Å². The Morgan fingerprint density at radius 1 is 1.50 bits per heavy atom. The number of halogens is 2. The Labute approximate surface area is 108 Å². The SMILES string of the molecule is CC(CC(=O)O)NC(=O)Nc1c(F)cccc1Cl. The molecule has 5 nitrogen and oxygen atoms in total. The summed E-state index contributed by atoms with van der Waals surface area (Å²) in [6.07, 6.45) is -0.224. The largest absolute Gasteiger partial charge is 0.481 e. The lowest BCUT2D eigenvalue weighted by atomic mass is 10.2. The van der Waals surface area contributed by atoms with E-state index in [9.17, 15) is 14.0 Å². The van der Waals surface area contributed by atoms with E-state index in [2.05, 4.69) is 10.6 Å². The van der Waals surface area contributed by atoms with Gasteiger partial charge < -0.3 is 15.7 Å². The second kappa shape index (κ2) is 6.20. The molecule has 1 unspecified atom stereocenters. The van der Waals surface area contributed by atoms with E-state index in [1.165, 1.54) is 19.1 Å². The first kappa shape index (κ1) is 14.2. The van der Waals surface area contributed by atoms with Crippen molar-refractivity contribution in [3.05, 3.63) is 29.0 Å². The van der Waals surface area contributed by atoms with Crippen LogP contribution in [0.2, 0.25) is 5.02 Å². The van der Waals surface area contributed by atoms with Crippen LogP contribution in [-0.4, -0.2) is 23.1 Å². The summed E-state index contributed by atoms with van der Waals surface area (Å²) in [4.78, 5) is 21.9. The molecule has 1 atom stereocenters. The van der Waals surface area contributed by atoms with E-state index >= 15 is 0 Å². The van der Waals surface area contributed by atoms with Crippen LogP contribution >= 0.6 is 11.6 Å². The van der Waals surface area contributed by atoms with Crippen LogP contribution in [0.1, 0.15) is 13.3 Å². The van der Waals surface area contributed by atoms with Crippen LogP contribution in [0.25, 0.3) is 0 Å². The summed E-state index contributed by atoms with van der Waals surface area (Å²) < 4.78 is 13.3. The van der Waals surface area contributed by atoms with E-state index in [1.807, 2.05) is 0 Å². The molecule has 0 fully saturated rings. The standard InChI is InChI=1S/C11H12ClFN2O3/c1-6(5-9(16)17)14-11(18)15-10-7(12)3-2-4-8(10)13/h2-4,6H,5H2,1H3,(H,16,17)(H2,14,15,18). The Morgan fingerprint density at radius 3 is 2.72 bits per heavy atom. The summed E-state index contributed by atoms with van der Waals surface area (Å²) in [6, 6.07) is 2.71. The van der Waals surface area contributed by atoms with Crippen LogP contribution in [0.4, 0.5) is 14.9 Å². The third-order valence-electron chi connectivity index (χ3n) is 2.06. The fraction of sp³-hybridized carbons (Fsp3) is 0.273. The van der Waals surface area contributed by atoms with E-state index in [-0.39, 0.29) is 17.1 Å². The molecular formula is C11H12ClFN2O3. The predicted molar refractivity (Wildman–Crippen MR) is 65.3 cm³/mol. The number of hydrogen-bond acceptors (Lipinski definition) is 2. The van der Waals surface area contributed by atoms with E-state index in [0.717, 1.165) is 6.07 Å². The van der Waals surface area contributed by atoms with Crippen molar-refractivity contribution in [3.63, 3.8) is 0 Å². The minimum absolute atomic E-state index is 0.0658. The maximum atomic E-state index is 13.3. The second-order valence-corrected chi connectivity index (χ2v) is 4.10. The third-order valence-corrected chi connectivity index (χ3v) is 2.37. The van der Waals surface area contributed by atoms with Gasteiger partial charge in [-0.1, -0.05) is 17.7 Å². The third kappa shape index (κ3) is 4.21. The highest BCUT2D eigenvalue weighted by atomic mass is 35.5. The summed E-state index contributed by atoms with van der Waals surface area (Å²) in [5.41, 5.74) is -0.140. The van der Waals surface area contributed by atoms with Gasteiger partial charge in [-0.15, -0.1) is 0 Å². The molecule has 0 bridgehead atoms. The first-order chi connectivity index (χ1) is 8.40. The molecule has 98 valence electrons. The Morgan fingerprint density at radius 2 is 2.17 bits per heavy atom. The lowest BCUT2D eigenvalue weighted by Crippen LogP contribution is -2.37. The van der Waals surface area contributed by atoms with Gasteiger partial charge in [-0.3, -0.25) is 4.79 Å². The van der Waals surface area contributed by atoms with Crippen molar-refractivity contribution in [2.75, 3.05) is 5.32 Å². The second-order valence-electron chi connectivity index (χ2n) is 3.69. The molecule has 0 aliphatic heterocycles. The lowest BCUT2D eigenvalue weighted by molar-refractivity contribution is -0.137. The van der Waals surface area contributed by atoms with Crippen LogP contribution < -0.4 is 10.6 Å². The van der Waals surface area contributed by atoms with Gasteiger partial charge in [-0.05, 0) is 19.1 Å². The van der Waals surface area contributed by atoms with Crippen LogP contribution in [0.15, 0.2) is 18.2 Å². The van der Waals surface area contributed by atoms with Gasteiger partial charge in [-0.25, -0.2) is 9.18 Å². The maximum Gasteiger partial charge on any atom is 0.319 e. The number of anilines is 1. The highest BCUT2D eigenvalue weighted by Gasteiger charge is 2.14. The van der Waals surface area contributed by atoms with Crippen molar-refractivity contribution in [1.82, 2.24) is 5.32 Å². The summed E-state index contributed by atoms with van der Waals surface area (Å²) in [5.74, 6) is -1.70. The van der Waals surface area contributed by atoms with Gasteiger partial charge in [0.15, 0.2) is 0 Å². The van der Waals surface area contributed by atoms with Crippen molar-refractivity contribution < 1.29 is 19.1 Å². The quantitative estimate of drug-likeness (QED) is 0.789. The van der Waals surface area contributed by atoms with E-state index in [4.69, 9.17) is 16.7 Å². The molecule has 0 spiro atoms. The summed E-state index contributed by atoms with van der Waals surface area (Å²) in [5, 5.41) is 13.2. The van der Waals surface area contributed by atoms with Gasteiger partial charge in [0, 0.05) is 6.04 Å². The molecule has 1 aromatic rings.